The van der Waals surface area contributed by atoms with E-state index < -0.39 is 23.3 Å². The van der Waals surface area contributed by atoms with Crippen molar-refractivity contribution in [2.24, 2.45) is 0 Å². The molecule has 2 aromatic rings. The summed E-state index contributed by atoms with van der Waals surface area (Å²) in [4.78, 5) is 13.4. The molecule has 0 unspecified atom stereocenters. The fraction of sp³-hybridized carbons (Fsp3) is 0.222. The van der Waals surface area contributed by atoms with Crippen LogP contribution in [0, 0.1) is 17.0 Å². The summed E-state index contributed by atoms with van der Waals surface area (Å²) in [7, 11) is 0. The molecular weight excluding hydrogens is 298 g/mol. The van der Waals surface area contributed by atoms with Crippen LogP contribution in [0.15, 0.2) is 36.4 Å². The molecule has 0 aromatic heterocycles. The molecule has 0 spiro atoms. The molecule has 5 heteroatoms. The summed E-state index contributed by atoms with van der Waals surface area (Å²) < 4.78 is 27.5. The maximum absolute atomic E-state index is 14.1. The average molecular weight is 314 g/mol. The van der Waals surface area contributed by atoms with Crippen LogP contribution < -0.4 is 4.90 Å². The van der Waals surface area contributed by atoms with Crippen molar-refractivity contribution in [2.45, 2.75) is 26.2 Å². The van der Waals surface area contributed by atoms with Gasteiger partial charge in [0.15, 0.2) is 5.82 Å². The van der Waals surface area contributed by atoms with Crippen molar-refractivity contribution in [1.29, 1.82) is 5.41 Å². The normalized spacial score (nSPS) is 13.6. The van der Waals surface area contributed by atoms with Crippen LogP contribution in [0.1, 0.15) is 30.9 Å². The summed E-state index contributed by atoms with van der Waals surface area (Å²) in [6, 6.07) is 8.99. The van der Waals surface area contributed by atoms with E-state index in [1.807, 2.05) is 12.1 Å². The minimum absolute atomic E-state index is 0.0115. The van der Waals surface area contributed by atoms with Crippen LogP contribution in [-0.2, 0) is 11.2 Å². The van der Waals surface area contributed by atoms with Crippen LogP contribution in [0.2, 0.25) is 0 Å². The van der Waals surface area contributed by atoms with E-state index in [0.29, 0.717) is 5.69 Å². The van der Waals surface area contributed by atoms with Gasteiger partial charge < -0.3 is 0 Å². The Labute approximate surface area is 133 Å². The first-order valence-corrected chi connectivity index (χ1v) is 7.54. The van der Waals surface area contributed by atoms with E-state index in [9.17, 15) is 13.6 Å². The van der Waals surface area contributed by atoms with Gasteiger partial charge in [0.05, 0.1) is 5.69 Å². The maximum Gasteiger partial charge on any atom is 0.281 e. The fourth-order valence-corrected chi connectivity index (χ4v) is 2.75. The molecule has 0 fully saturated rings. The summed E-state index contributed by atoms with van der Waals surface area (Å²) in [5.74, 6) is -2.29. The van der Waals surface area contributed by atoms with E-state index in [1.54, 1.807) is 12.1 Å². The lowest BCUT2D eigenvalue weighted by Crippen LogP contribution is -2.25. The van der Waals surface area contributed by atoms with Gasteiger partial charge >= 0.3 is 0 Å². The van der Waals surface area contributed by atoms with Crippen LogP contribution in [0.5, 0.6) is 0 Å². The number of benzene rings is 2. The number of nitrogens with one attached hydrogen (secondary N) is 1. The highest BCUT2D eigenvalue weighted by molar-refractivity contribution is 6.54. The molecule has 1 aliphatic heterocycles. The number of halogens is 2. The van der Waals surface area contributed by atoms with Gasteiger partial charge in [-0.1, -0.05) is 25.5 Å². The Balaban J connectivity index is 2.01. The van der Waals surface area contributed by atoms with Crippen LogP contribution >= 0.6 is 0 Å². The van der Waals surface area contributed by atoms with Crippen LogP contribution in [0.25, 0.3) is 0 Å². The molecule has 1 amide bonds. The van der Waals surface area contributed by atoms with E-state index in [-0.39, 0.29) is 11.3 Å². The Morgan fingerprint density at radius 2 is 1.83 bits per heavy atom. The second-order valence-electron chi connectivity index (χ2n) is 5.57. The third-order valence-electron chi connectivity index (χ3n) is 3.95. The predicted octanol–water partition coefficient (Wildman–Crippen LogP) is 4.35. The fourth-order valence-electron chi connectivity index (χ4n) is 2.75. The summed E-state index contributed by atoms with van der Waals surface area (Å²) in [6.07, 6.45) is 3.10. The number of unbranched alkanes of at least 4 members (excludes halogenated alkanes) is 1. The maximum atomic E-state index is 14.1. The zero-order chi connectivity index (χ0) is 16.6. The molecule has 0 aliphatic carbocycles. The van der Waals surface area contributed by atoms with Crippen molar-refractivity contribution >= 4 is 23.0 Å². The Kier molecular flexibility index (Phi) is 3.94. The van der Waals surface area contributed by atoms with Crippen molar-refractivity contribution in [2.75, 3.05) is 4.90 Å². The quantitative estimate of drug-likeness (QED) is 0.895. The lowest BCUT2D eigenvalue weighted by molar-refractivity contribution is -0.111. The van der Waals surface area contributed by atoms with Crippen molar-refractivity contribution in [3.05, 3.63) is 59.2 Å². The molecule has 23 heavy (non-hydrogen) atoms. The van der Waals surface area contributed by atoms with Gasteiger partial charge in [0.2, 0.25) is 0 Å². The topological polar surface area (TPSA) is 44.2 Å². The highest BCUT2D eigenvalue weighted by Gasteiger charge is 2.37. The number of amides is 1. The lowest BCUT2D eigenvalue weighted by atomic mass is 10.1. The highest BCUT2D eigenvalue weighted by atomic mass is 19.1. The Hall–Kier alpha value is -2.56. The van der Waals surface area contributed by atoms with E-state index in [4.69, 9.17) is 5.41 Å². The summed E-state index contributed by atoms with van der Waals surface area (Å²) in [5, 5.41) is 7.82. The first-order chi connectivity index (χ1) is 11.0. The van der Waals surface area contributed by atoms with E-state index >= 15 is 0 Å². The van der Waals surface area contributed by atoms with Gasteiger partial charge in [0, 0.05) is 17.3 Å². The zero-order valence-electron chi connectivity index (χ0n) is 12.7. The number of hydrogen-bond acceptors (Lipinski definition) is 2. The first-order valence-electron chi connectivity index (χ1n) is 7.54. The minimum Gasteiger partial charge on any atom is -0.295 e. The smallest absolute Gasteiger partial charge is 0.281 e. The minimum atomic E-state index is -0.842. The summed E-state index contributed by atoms with van der Waals surface area (Å²) in [6.45, 7) is 2.11. The van der Waals surface area contributed by atoms with Crippen molar-refractivity contribution in [3.8, 4) is 0 Å². The van der Waals surface area contributed by atoms with Gasteiger partial charge in [0.1, 0.15) is 11.5 Å². The molecule has 1 aliphatic rings. The molecule has 2 aromatic carbocycles. The molecule has 1 N–H and O–H groups in total. The van der Waals surface area contributed by atoms with Crippen molar-refractivity contribution in [1.82, 2.24) is 0 Å². The Morgan fingerprint density at radius 3 is 2.48 bits per heavy atom. The number of anilines is 2. The molecular formula is C18H16F2N2O. The summed E-state index contributed by atoms with van der Waals surface area (Å²) >= 11 is 0. The molecule has 0 saturated carbocycles. The number of carbonyl (C=O) groups excluding carboxylic acids is 1. The van der Waals surface area contributed by atoms with Crippen LogP contribution in [-0.4, -0.2) is 11.6 Å². The number of aryl methyl sites for hydroxylation is 1. The molecule has 0 radical (unpaired) electrons. The molecule has 0 atom stereocenters. The molecule has 0 bridgehead atoms. The van der Waals surface area contributed by atoms with Gasteiger partial charge in [-0.15, -0.1) is 0 Å². The molecule has 118 valence electrons. The predicted molar refractivity (Wildman–Crippen MR) is 85.4 cm³/mol. The SMILES string of the molecule is CCCCc1ccc(N2C(=O)C(=N)c3cc(F)cc(F)c32)cc1. The molecule has 1 heterocycles. The number of hydrogen-bond donors (Lipinski definition) is 1. The van der Waals surface area contributed by atoms with Gasteiger partial charge in [-0.2, -0.15) is 0 Å². The van der Waals surface area contributed by atoms with Gasteiger partial charge in [-0.3, -0.25) is 15.1 Å². The zero-order valence-corrected chi connectivity index (χ0v) is 12.7. The summed E-state index contributed by atoms with van der Waals surface area (Å²) in [5.41, 5.74) is 1.15. The Bertz CT molecular complexity index is 784. The number of nitrogens with zero attached hydrogens (tertiary/aromatic N) is 1. The second-order valence-corrected chi connectivity index (χ2v) is 5.57. The van der Waals surface area contributed by atoms with Crippen LogP contribution in [0.3, 0.4) is 0 Å². The molecule has 3 nitrogen and oxygen atoms in total. The third-order valence-corrected chi connectivity index (χ3v) is 3.95. The van der Waals surface area contributed by atoms with Gasteiger partial charge in [-0.05, 0) is 36.6 Å². The standard InChI is InChI=1S/C18H16F2N2O/c1-2-3-4-11-5-7-13(8-6-11)22-17-14(16(21)18(22)23)9-12(19)10-15(17)20/h5-10,21H,2-4H2,1H3. The average Bonchev–Trinajstić information content (AvgIpc) is 2.78. The number of rotatable bonds is 4. The monoisotopic (exact) mass is 314 g/mol. The Morgan fingerprint density at radius 1 is 1.13 bits per heavy atom. The van der Waals surface area contributed by atoms with E-state index in [1.165, 1.54) is 0 Å². The number of carbonyl (C=O) groups is 1. The van der Waals surface area contributed by atoms with E-state index in [0.717, 1.165) is 41.9 Å². The van der Waals surface area contributed by atoms with Gasteiger partial charge in [0.25, 0.3) is 5.91 Å². The largest absolute Gasteiger partial charge is 0.295 e. The second kappa shape index (κ2) is 5.91. The highest BCUT2D eigenvalue weighted by Crippen LogP contribution is 2.38. The van der Waals surface area contributed by atoms with Crippen molar-refractivity contribution in [3.63, 3.8) is 0 Å². The molecule has 0 saturated heterocycles. The van der Waals surface area contributed by atoms with E-state index in [2.05, 4.69) is 6.92 Å². The molecule has 3 rings (SSSR count). The lowest BCUT2D eigenvalue weighted by Gasteiger charge is -2.18. The first kappa shape index (κ1) is 15.3. The number of fused-ring (bicyclic) bond motifs is 1. The van der Waals surface area contributed by atoms with Gasteiger partial charge in [-0.25, -0.2) is 8.78 Å². The van der Waals surface area contributed by atoms with Crippen LogP contribution in [0.4, 0.5) is 20.2 Å². The van der Waals surface area contributed by atoms with Crippen molar-refractivity contribution < 1.29 is 13.6 Å². The third kappa shape index (κ3) is 2.63.